The molecule has 2 heterocycles. The van der Waals surface area contributed by atoms with Gasteiger partial charge in [-0.1, -0.05) is 30.3 Å². The molecule has 0 fully saturated rings. The zero-order valence-corrected chi connectivity index (χ0v) is 18.6. The second kappa shape index (κ2) is 10.5. The summed E-state index contributed by atoms with van der Waals surface area (Å²) in [6.45, 7) is -0.169. The van der Waals surface area contributed by atoms with Crippen LogP contribution in [0.3, 0.4) is 0 Å². The number of hydrogen-bond acceptors (Lipinski definition) is 6. The minimum atomic E-state index is -2.95. The molecule has 0 atom stereocenters. The molecule has 11 heteroatoms. The molecule has 34 heavy (non-hydrogen) atoms. The third kappa shape index (κ3) is 5.42. The first-order valence-electron chi connectivity index (χ1n) is 10.1. The van der Waals surface area contributed by atoms with Gasteiger partial charge < -0.3 is 4.74 Å². The SMILES string of the molecule is COc1ccc(C=NNc2nc(-c3ccccc3)cs2)cc1Cn1nc(C(F)F)cc1C(F)F. The van der Waals surface area contributed by atoms with Gasteiger partial charge in [0.2, 0.25) is 5.13 Å². The highest BCUT2D eigenvalue weighted by molar-refractivity contribution is 7.14. The van der Waals surface area contributed by atoms with Gasteiger partial charge in [-0.15, -0.1) is 11.3 Å². The number of hydrogen-bond donors (Lipinski definition) is 1. The van der Waals surface area contributed by atoms with Gasteiger partial charge in [-0.25, -0.2) is 22.5 Å². The highest BCUT2D eigenvalue weighted by atomic mass is 32.1. The molecule has 0 bridgehead atoms. The number of aromatic nitrogens is 3. The average Bonchev–Trinajstić information content (AvgIpc) is 3.48. The number of nitrogens with zero attached hydrogens (tertiary/aromatic N) is 4. The lowest BCUT2D eigenvalue weighted by atomic mass is 10.1. The van der Waals surface area contributed by atoms with E-state index in [0.29, 0.717) is 22.0 Å². The van der Waals surface area contributed by atoms with Crippen molar-refractivity contribution in [3.8, 4) is 17.0 Å². The van der Waals surface area contributed by atoms with E-state index in [-0.39, 0.29) is 6.54 Å². The van der Waals surface area contributed by atoms with Crippen molar-refractivity contribution in [1.82, 2.24) is 14.8 Å². The smallest absolute Gasteiger partial charge is 0.282 e. The molecule has 176 valence electrons. The highest BCUT2D eigenvalue weighted by Gasteiger charge is 2.22. The Labute approximate surface area is 196 Å². The molecule has 0 saturated carbocycles. The zero-order chi connectivity index (χ0) is 24.1. The predicted molar refractivity (Wildman–Crippen MR) is 123 cm³/mol. The number of nitrogens with one attached hydrogen (secondary N) is 1. The molecule has 4 aromatic rings. The van der Waals surface area contributed by atoms with Crippen molar-refractivity contribution in [2.75, 3.05) is 12.5 Å². The fraction of sp³-hybridized carbons (Fsp3) is 0.174. The van der Waals surface area contributed by atoms with Crippen LogP contribution in [-0.4, -0.2) is 28.1 Å². The van der Waals surface area contributed by atoms with Gasteiger partial charge in [0.1, 0.15) is 17.1 Å². The van der Waals surface area contributed by atoms with E-state index in [1.54, 1.807) is 18.2 Å². The Morgan fingerprint density at radius 3 is 2.59 bits per heavy atom. The summed E-state index contributed by atoms with van der Waals surface area (Å²) < 4.78 is 58.8. The Morgan fingerprint density at radius 2 is 1.88 bits per heavy atom. The Balaban J connectivity index is 1.51. The Bertz CT molecular complexity index is 1270. The molecule has 0 aliphatic heterocycles. The van der Waals surface area contributed by atoms with E-state index in [1.807, 2.05) is 35.7 Å². The Kier molecular flexibility index (Phi) is 7.21. The highest BCUT2D eigenvalue weighted by Crippen LogP contribution is 2.28. The van der Waals surface area contributed by atoms with E-state index in [2.05, 4.69) is 20.6 Å². The van der Waals surface area contributed by atoms with Crippen molar-refractivity contribution < 1.29 is 22.3 Å². The number of thiazole rings is 1. The number of halogens is 4. The Morgan fingerprint density at radius 1 is 1.09 bits per heavy atom. The second-order valence-electron chi connectivity index (χ2n) is 7.10. The topological polar surface area (TPSA) is 64.3 Å². The van der Waals surface area contributed by atoms with Crippen LogP contribution in [0, 0.1) is 0 Å². The van der Waals surface area contributed by atoms with Crippen LogP contribution in [0.25, 0.3) is 11.3 Å². The number of alkyl halides is 4. The van der Waals surface area contributed by atoms with E-state index in [0.717, 1.165) is 22.0 Å². The summed E-state index contributed by atoms with van der Waals surface area (Å²) in [7, 11) is 1.43. The molecule has 0 radical (unpaired) electrons. The lowest BCUT2D eigenvalue weighted by molar-refractivity contribution is 0.139. The van der Waals surface area contributed by atoms with Gasteiger partial charge in [-0.3, -0.25) is 10.1 Å². The average molecular weight is 489 g/mol. The summed E-state index contributed by atoms with van der Waals surface area (Å²) >= 11 is 1.40. The summed E-state index contributed by atoms with van der Waals surface area (Å²) in [6, 6.07) is 15.5. The molecule has 0 aliphatic rings. The summed E-state index contributed by atoms with van der Waals surface area (Å²) in [5.41, 5.74) is 4.52. The van der Waals surface area contributed by atoms with E-state index in [1.165, 1.54) is 24.7 Å². The van der Waals surface area contributed by atoms with Gasteiger partial charge in [0, 0.05) is 16.5 Å². The van der Waals surface area contributed by atoms with E-state index >= 15 is 0 Å². The number of ether oxygens (including phenoxy) is 1. The van der Waals surface area contributed by atoms with Crippen LogP contribution in [-0.2, 0) is 6.54 Å². The van der Waals surface area contributed by atoms with Crippen LogP contribution >= 0.6 is 11.3 Å². The summed E-state index contributed by atoms with van der Waals surface area (Å²) in [5.74, 6) is 0.409. The second-order valence-corrected chi connectivity index (χ2v) is 7.96. The normalized spacial score (nSPS) is 11.6. The molecule has 0 amide bonds. The summed E-state index contributed by atoms with van der Waals surface area (Å²) in [6.07, 6.45) is -4.36. The first-order valence-corrected chi connectivity index (χ1v) is 10.9. The van der Waals surface area contributed by atoms with E-state index in [4.69, 9.17) is 4.74 Å². The molecular weight excluding hydrogens is 470 g/mol. The van der Waals surface area contributed by atoms with Gasteiger partial charge >= 0.3 is 0 Å². The third-order valence-electron chi connectivity index (χ3n) is 4.85. The fourth-order valence-electron chi connectivity index (χ4n) is 3.25. The van der Waals surface area contributed by atoms with Crippen molar-refractivity contribution in [1.29, 1.82) is 0 Å². The maximum Gasteiger partial charge on any atom is 0.282 e. The molecule has 4 rings (SSSR count). The lowest BCUT2D eigenvalue weighted by Crippen LogP contribution is -2.08. The van der Waals surface area contributed by atoms with E-state index in [9.17, 15) is 17.6 Å². The molecular formula is C23H19F4N5OS. The number of rotatable bonds is 9. The van der Waals surface area contributed by atoms with Crippen molar-refractivity contribution in [3.63, 3.8) is 0 Å². The molecule has 6 nitrogen and oxygen atoms in total. The number of benzene rings is 2. The quantitative estimate of drug-likeness (QED) is 0.168. The number of hydrazone groups is 1. The maximum atomic E-state index is 13.3. The van der Waals surface area contributed by atoms with Crippen molar-refractivity contribution in [2.45, 2.75) is 19.4 Å². The molecule has 0 unspecified atom stereocenters. The van der Waals surface area contributed by atoms with Gasteiger partial charge in [-0.2, -0.15) is 10.2 Å². The Hall–Kier alpha value is -3.73. The van der Waals surface area contributed by atoms with Gasteiger partial charge in [0.05, 0.1) is 25.6 Å². The monoisotopic (exact) mass is 489 g/mol. The van der Waals surface area contributed by atoms with Gasteiger partial charge in [0.15, 0.2) is 0 Å². The number of methoxy groups -OCH3 is 1. The van der Waals surface area contributed by atoms with Crippen LogP contribution in [0.15, 0.2) is 65.1 Å². The molecule has 2 aromatic carbocycles. The van der Waals surface area contributed by atoms with Crippen LogP contribution in [0.4, 0.5) is 22.7 Å². The zero-order valence-electron chi connectivity index (χ0n) is 17.8. The van der Waals surface area contributed by atoms with Crippen LogP contribution in [0.1, 0.15) is 35.4 Å². The fourth-order valence-corrected chi connectivity index (χ4v) is 3.92. The molecule has 0 spiro atoms. The van der Waals surface area contributed by atoms with Crippen molar-refractivity contribution in [3.05, 3.63) is 82.5 Å². The number of anilines is 1. The third-order valence-corrected chi connectivity index (χ3v) is 5.60. The minimum absolute atomic E-state index is 0.169. The summed E-state index contributed by atoms with van der Waals surface area (Å²) in [5, 5.41) is 10.3. The molecule has 0 saturated heterocycles. The van der Waals surface area contributed by atoms with Crippen molar-refractivity contribution in [2.24, 2.45) is 5.10 Å². The van der Waals surface area contributed by atoms with Crippen LogP contribution in [0.5, 0.6) is 5.75 Å². The molecule has 2 aromatic heterocycles. The predicted octanol–water partition coefficient (Wildman–Crippen LogP) is 6.38. The summed E-state index contributed by atoms with van der Waals surface area (Å²) in [4.78, 5) is 4.48. The first kappa shape index (κ1) is 23.4. The van der Waals surface area contributed by atoms with E-state index < -0.39 is 24.2 Å². The first-order chi connectivity index (χ1) is 16.4. The molecule has 1 N–H and O–H groups in total. The van der Waals surface area contributed by atoms with Crippen LogP contribution in [0.2, 0.25) is 0 Å². The van der Waals surface area contributed by atoms with Crippen LogP contribution < -0.4 is 10.2 Å². The lowest BCUT2D eigenvalue weighted by Gasteiger charge is -2.12. The van der Waals surface area contributed by atoms with Crippen molar-refractivity contribution >= 4 is 22.7 Å². The maximum absolute atomic E-state index is 13.3. The largest absolute Gasteiger partial charge is 0.496 e. The van der Waals surface area contributed by atoms with Gasteiger partial charge in [-0.05, 0) is 29.8 Å². The minimum Gasteiger partial charge on any atom is -0.496 e. The molecule has 0 aliphatic carbocycles. The standard InChI is InChI=1S/C23H19F4N5OS/c1-33-20-8-7-14(9-16(20)12-32-19(22(26)27)10-17(31-32)21(24)25)11-28-30-23-29-18(13-34-23)15-5-3-2-4-6-15/h2-11,13,21-22H,12H2,1H3,(H,29,30). The van der Waals surface area contributed by atoms with Gasteiger partial charge in [0.25, 0.3) is 12.9 Å².